The van der Waals surface area contributed by atoms with Crippen LogP contribution in [0.3, 0.4) is 0 Å². The molecule has 3 nitrogen and oxygen atoms in total. The van der Waals surface area contributed by atoms with Crippen molar-refractivity contribution >= 4 is 5.97 Å². The Labute approximate surface area is 84.8 Å². The van der Waals surface area contributed by atoms with Gasteiger partial charge in [0.2, 0.25) is 0 Å². The Hall–Kier alpha value is -0.830. The van der Waals surface area contributed by atoms with Gasteiger partial charge >= 0.3 is 5.97 Å². The fraction of sp³-hybridized carbons (Fsp3) is 0.727. The highest BCUT2D eigenvalue weighted by atomic mass is 16.5. The molecule has 1 N–H and O–H groups in total. The first-order chi connectivity index (χ1) is 6.58. The van der Waals surface area contributed by atoms with E-state index in [9.17, 15) is 9.90 Å². The van der Waals surface area contributed by atoms with E-state index in [-0.39, 0.29) is 5.97 Å². The minimum Gasteiger partial charge on any atom is -0.469 e. The van der Waals surface area contributed by atoms with E-state index in [1.807, 2.05) is 13.0 Å². The molecule has 0 heterocycles. The Morgan fingerprint density at radius 3 is 2.93 bits per heavy atom. The van der Waals surface area contributed by atoms with Gasteiger partial charge in [-0.2, -0.15) is 0 Å². The average Bonchev–Trinajstić information content (AvgIpc) is 2.18. The maximum Gasteiger partial charge on any atom is 0.311 e. The van der Waals surface area contributed by atoms with Gasteiger partial charge in [-0.1, -0.05) is 12.2 Å². The van der Waals surface area contributed by atoms with Gasteiger partial charge in [0.1, 0.15) is 0 Å². The summed E-state index contributed by atoms with van der Waals surface area (Å²) in [6, 6.07) is 0. The molecule has 0 fully saturated rings. The van der Waals surface area contributed by atoms with Crippen LogP contribution < -0.4 is 0 Å². The molecule has 0 aromatic carbocycles. The zero-order valence-corrected chi connectivity index (χ0v) is 8.82. The summed E-state index contributed by atoms with van der Waals surface area (Å²) in [5.41, 5.74) is -0.430. The van der Waals surface area contributed by atoms with Gasteiger partial charge in [0.05, 0.1) is 18.6 Å². The highest BCUT2D eigenvalue weighted by Crippen LogP contribution is 2.33. The number of aliphatic hydroxyl groups is 1. The summed E-state index contributed by atoms with van der Waals surface area (Å²) < 4.78 is 4.78. The van der Waals surface area contributed by atoms with Crippen molar-refractivity contribution in [3.63, 3.8) is 0 Å². The van der Waals surface area contributed by atoms with Crippen molar-refractivity contribution in [3.8, 4) is 0 Å². The summed E-state index contributed by atoms with van der Waals surface area (Å²) in [7, 11) is 1.42. The Morgan fingerprint density at radius 2 is 2.29 bits per heavy atom. The summed E-state index contributed by atoms with van der Waals surface area (Å²) in [4.78, 5) is 11.5. The van der Waals surface area contributed by atoms with Crippen LogP contribution in [-0.2, 0) is 9.53 Å². The van der Waals surface area contributed by atoms with E-state index in [0.717, 1.165) is 12.8 Å². The van der Waals surface area contributed by atoms with Crippen LogP contribution in [0.4, 0.5) is 0 Å². The fourth-order valence-electron chi connectivity index (χ4n) is 1.79. The molecule has 0 spiro atoms. The van der Waals surface area contributed by atoms with Crippen LogP contribution in [0.5, 0.6) is 0 Å². The number of carbonyl (C=O) groups excluding carboxylic acids is 1. The van der Waals surface area contributed by atoms with Crippen molar-refractivity contribution in [1.82, 2.24) is 0 Å². The number of methoxy groups -OCH3 is 1. The van der Waals surface area contributed by atoms with E-state index in [0.29, 0.717) is 12.8 Å². The van der Waals surface area contributed by atoms with Crippen LogP contribution in [0, 0.1) is 5.41 Å². The van der Waals surface area contributed by atoms with Crippen LogP contribution in [0.2, 0.25) is 0 Å². The molecule has 1 aliphatic carbocycles. The molecule has 0 saturated carbocycles. The average molecular weight is 198 g/mol. The zero-order valence-electron chi connectivity index (χ0n) is 8.82. The Bertz CT molecular complexity index is 235. The number of hydrogen-bond acceptors (Lipinski definition) is 3. The van der Waals surface area contributed by atoms with Crippen LogP contribution >= 0.6 is 0 Å². The van der Waals surface area contributed by atoms with E-state index in [4.69, 9.17) is 4.74 Å². The van der Waals surface area contributed by atoms with Crippen molar-refractivity contribution in [2.24, 2.45) is 5.41 Å². The quantitative estimate of drug-likeness (QED) is 0.515. The molecular formula is C11H18O3. The second-order valence-corrected chi connectivity index (χ2v) is 4.13. The second-order valence-electron chi connectivity index (χ2n) is 4.13. The first kappa shape index (κ1) is 11.2. The first-order valence-electron chi connectivity index (χ1n) is 5.01. The van der Waals surface area contributed by atoms with Gasteiger partial charge in [0.15, 0.2) is 0 Å². The van der Waals surface area contributed by atoms with Crippen molar-refractivity contribution in [1.29, 1.82) is 0 Å². The SMILES string of the molecule is COC(=O)C1(C)CCC=CC(O)CC1. The van der Waals surface area contributed by atoms with Crippen LogP contribution in [-0.4, -0.2) is 24.3 Å². The topological polar surface area (TPSA) is 46.5 Å². The highest BCUT2D eigenvalue weighted by molar-refractivity contribution is 5.76. The predicted octanol–water partition coefficient (Wildman–Crippen LogP) is 1.66. The molecule has 80 valence electrons. The van der Waals surface area contributed by atoms with Crippen molar-refractivity contribution < 1.29 is 14.6 Å². The second kappa shape index (κ2) is 4.60. The number of hydrogen-bond donors (Lipinski definition) is 1. The van der Waals surface area contributed by atoms with Crippen molar-refractivity contribution in [2.45, 2.75) is 38.7 Å². The summed E-state index contributed by atoms with van der Waals surface area (Å²) in [5, 5.41) is 9.46. The summed E-state index contributed by atoms with van der Waals surface area (Å²) in [6.07, 6.45) is 6.25. The van der Waals surface area contributed by atoms with Gasteiger partial charge in [0.25, 0.3) is 0 Å². The summed E-state index contributed by atoms with van der Waals surface area (Å²) >= 11 is 0. The molecule has 0 aliphatic heterocycles. The fourth-order valence-corrected chi connectivity index (χ4v) is 1.79. The lowest BCUT2D eigenvalue weighted by molar-refractivity contribution is -0.152. The van der Waals surface area contributed by atoms with Crippen molar-refractivity contribution in [2.75, 3.05) is 7.11 Å². The third kappa shape index (κ3) is 2.58. The molecule has 1 rings (SSSR count). The number of allylic oxidation sites excluding steroid dienone is 1. The van der Waals surface area contributed by atoms with E-state index < -0.39 is 11.5 Å². The number of ether oxygens (including phenoxy) is 1. The Balaban J connectivity index is 2.69. The maximum absolute atomic E-state index is 11.5. The highest BCUT2D eigenvalue weighted by Gasteiger charge is 2.34. The summed E-state index contributed by atoms with van der Waals surface area (Å²) in [6.45, 7) is 1.91. The normalized spacial score (nSPS) is 33.2. The molecule has 1 aliphatic rings. The third-order valence-electron chi connectivity index (χ3n) is 2.89. The van der Waals surface area contributed by atoms with Gasteiger partial charge in [-0.05, 0) is 32.6 Å². The smallest absolute Gasteiger partial charge is 0.311 e. The number of esters is 1. The van der Waals surface area contributed by atoms with E-state index in [1.54, 1.807) is 6.08 Å². The summed E-state index contributed by atoms with van der Waals surface area (Å²) in [5.74, 6) is -0.167. The van der Waals surface area contributed by atoms with Gasteiger partial charge < -0.3 is 9.84 Å². The first-order valence-corrected chi connectivity index (χ1v) is 5.01. The van der Waals surface area contributed by atoms with Crippen LogP contribution in [0.1, 0.15) is 32.6 Å². The Morgan fingerprint density at radius 1 is 1.57 bits per heavy atom. The molecular weight excluding hydrogens is 180 g/mol. The molecule has 14 heavy (non-hydrogen) atoms. The third-order valence-corrected chi connectivity index (χ3v) is 2.89. The molecule has 3 heteroatoms. The van der Waals surface area contributed by atoms with Gasteiger partial charge in [0, 0.05) is 0 Å². The largest absolute Gasteiger partial charge is 0.469 e. The molecule has 0 amide bonds. The van der Waals surface area contributed by atoms with E-state index in [1.165, 1.54) is 7.11 Å². The lowest BCUT2D eigenvalue weighted by Gasteiger charge is -2.28. The Kier molecular flexibility index (Phi) is 3.69. The number of aliphatic hydroxyl groups excluding tert-OH is 1. The van der Waals surface area contributed by atoms with Gasteiger partial charge in [-0.25, -0.2) is 0 Å². The van der Waals surface area contributed by atoms with Gasteiger partial charge in [-0.15, -0.1) is 0 Å². The minimum absolute atomic E-state index is 0.167. The molecule has 2 unspecified atom stereocenters. The van der Waals surface area contributed by atoms with Crippen molar-refractivity contribution in [3.05, 3.63) is 12.2 Å². The maximum atomic E-state index is 11.5. The lowest BCUT2D eigenvalue weighted by Crippen LogP contribution is -2.30. The number of carbonyl (C=O) groups is 1. The molecule has 0 aromatic heterocycles. The van der Waals surface area contributed by atoms with Crippen LogP contribution in [0.15, 0.2) is 12.2 Å². The molecule has 2 atom stereocenters. The molecule has 0 radical (unpaired) electrons. The monoisotopic (exact) mass is 198 g/mol. The molecule has 0 aromatic rings. The molecule has 0 saturated heterocycles. The van der Waals surface area contributed by atoms with Crippen LogP contribution in [0.25, 0.3) is 0 Å². The van der Waals surface area contributed by atoms with Gasteiger partial charge in [-0.3, -0.25) is 4.79 Å². The predicted molar refractivity (Wildman–Crippen MR) is 53.7 cm³/mol. The lowest BCUT2D eigenvalue weighted by atomic mass is 9.79. The minimum atomic E-state index is -0.430. The molecule has 0 bridgehead atoms. The van der Waals surface area contributed by atoms with E-state index in [2.05, 4.69) is 0 Å². The van der Waals surface area contributed by atoms with E-state index >= 15 is 0 Å². The zero-order chi connectivity index (χ0) is 10.6. The standard InChI is InChI=1S/C11H18O3/c1-11(10(13)14-2)7-4-3-5-9(12)6-8-11/h3,5,9,12H,4,6-8H2,1-2H3. The number of rotatable bonds is 1.